The van der Waals surface area contributed by atoms with Gasteiger partial charge in [-0.3, -0.25) is 4.98 Å². The van der Waals surface area contributed by atoms with Gasteiger partial charge in [0.05, 0.1) is 6.04 Å². The number of nitrogens with zero attached hydrogens (tertiary/aromatic N) is 2. The zero-order chi connectivity index (χ0) is 14.8. The molecule has 0 spiro atoms. The van der Waals surface area contributed by atoms with Crippen LogP contribution < -0.4 is 10.6 Å². The third-order valence-corrected chi connectivity index (χ3v) is 3.94. The third-order valence-electron chi connectivity index (χ3n) is 3.94. The molecule has 1 aromatic heterocycles. The molecule has 0 amide bonds. The van der Waals surface area contributed by atoms with Crippen molar-refractivity contribution in [3.05, 3.63) is 59.4 Å². The van der Waals surface area contributed by atoms with Gasteiger partial charge in [-0.1, -0.05) is 0 Å². The minimum atomic E-state index is -0.545. The van der Waals surface area contributed by atoms with Gasteiger partial charge in [0.25, 0.3) is 0 Å². The van der Waals surface area contributed by atoms with Gasteiger partial charge in [0.1, 0.15) is 17.3 Å². The van der Waals surface area contributed by atoms with E-state index in [0.29, 0.717) is 12.1 Å². The van der Waals surface area contributed by atoms with Gasteiger partial charge in [-0.2, -0.15) is 0 Å². The molecule has 5 heteroatoms. The first kappa shape index (κ1) is 13.9. The molecule has 1 aliphatic rings. The fraction of sp³-hybridized carbons (Fsp3) is 0.312. The average Bonchev–Trinajstić information content (AvgIpc) is 2.96. The van der Waals surface area contributed by atoms with Crippen molar-refractivity contribution in [3.63, 3.8) is 0 Å². The Kier molecular flexibility index (Phi) is 3.84. The third kappa shape index (κ3) is 2.61. The molecule has 1 saturated heterocycles. The molecule has 1 unspecified atom stereocenters. The second-order valence-electron chi connectivity index (χ2n) is 5.24. The number of anilines is 1. The van der Waals surface area contributed by atoms with Crippen molar-refractivity contribution in [2.24, 2.45) is 5.73 Å². The summed E-state index contributed by atoms with van der Waals surface area (Å²) >= 11 is 0. The monoisotopic (exact) mass is 289 g/mol. The second-order valence-corrected chi connectivity index (χ2v) is 5.24. The van der Waals surface area contributed by atoms with Crippen LogP contribution in [0.5, 0.6) is 0 Å². The molecule has 21 heavy (non-hydrogen) atoms. The number of hydrogen-bond donors (Lipinski definition) is 1. The van der Waals surface area contributed by atoms with Gasteiger partial charge in [0.15, 0.2) is 0 Å². The molecule has 1 fully saturated rings. The summed E-state index contributed by atoms with van der Waals surface area (Å²) in [5.41, 5.74) is 7.00. The van der Waals surface area contributed by atoms with Crippen LogP contribution in [0.4, 0.5) is 14.5 Å². The SMILES string of the molecule is NCc1cc(F)c(N2CCCC2c2ccncc2)c(F)c1. The van der Waals surface area contributed by atoms with Crippen LogP contribution in [0, 0.1) is 11.6 Å². The first-order valence-electron chi connectivity index (χ1n) is 7.05. The second kappa shape index (κ2) is 5.77. The van der Waals surface area contributed by atoms with E-state index in [1.54, 1.807) is 17.3 Å². The van der Waals surface area contributed by atoms with Gasteiger partial charge in [0.2, 0.25) is 0 Å². The number of pyridine rings is 1. The number of halogens is 2. The van der Waals surface area contributed by atoms with E-state index in [1.165, 1.54) is 12.1 Å². The Labute approximate surface area is 122 Å². The van der Waals surface area contributed by atoms with E-state index >= 15 is 0 Å². The van der Waals surface area contributed by atoms with Gasteiger partial charge >= 0.3 is 0 Å². The highest BCUT2D eigenvalue weighted by atomic mass is 19.1. The number of aromatic nitrogens is 1. The van der Waals surface area contributed by atoms with E-state index < -0.39 is 11.6 Å². The van der Waals surface area contributed by atoms with Gasteiger partial charge in [0, 0.05) is 25.5 Å². The maximum atomic E-state index is 14.3. The summed E-state index contributed by atoms with van der Waals surface area (Å²) in [6, 6.07) is 6.42. The number of rotatable bonds is 3. The summed E-state index contributed by atoms with van der Waals surface area (Å²) in [5, 5.41) is 0. The molecule has 1 aliphatic heterocycles. The van der Waals surface area contributed by atoms with E-state index in [-0.39, 0.29) is 18.3 Å². The first-order chi connectivity index (χ1) is 10.2. The van der Waals surface area contributed by atoms with Crippen molar-refractivity contribution in [1.82, 2.24) is 4.98 Å². The van der Waals surface area contributed by atoms with E-state index in [1.807, 2.05) is 12.1 Å². The number of nitrogens with two attached hydrogens (primary N) is 1. The zero-order valence-electron chi connectivity index (χ0n) is 11.6. The lowest BCUT2D eigenvalue weighted by atomic mass is 10.1. The highest BCUT2D eigenvalue weighted by Gasteiger charge is 2.30. The fourth-order valence-electron chi connectivity index (χ4n) is 2.98. The van der Waals surface area contributed by atoms with Gasteiger partial charge in [-0.25, -0.2) is 8.78 Å². The lowest BCUT2D eigenvalue weighted by Crippen LogP contribution is -2.25. The quantitative estimate of drug-likeness (QED) is 0.943. The summed E-state index contributed by atoms with van der Waals surface area (Å²) < 4.78 is 28.6. The van der Waals surface area contributed by atoms with E-state index in [0.717, 1.165) is 18.4 Å². The molecule has 2 aromatic rings. The molecule has 0 radical (unpaired) electrons. The molecule has 2 N–H and O–H groups in total. The van der Waals surface area contributed by atoms with Crippen molar-refractivity contribution in [2.45, 2.75) is 25.4 Å². The molecule has 0 aliphatic carbocycles. The van der Waals surface area contributed by atoms with Crippen LogP contribution in [-0.2, 0) is 6.54 Å². The zero-order valence-corrected chi connectivity index (χ0v) is 11.6. The molecule has 0 bridgehead atoms. The average molecular weight is 289 g/mol. The van der Waals surface area contributed by atoms with Crippen LogP contribution in [0.1, 0.15) is 30.0 Å². The van der Waals surface area contributed by atoms with Crippen LogP contribution in [0.25, 0.3) is 0 Å². The fourth-order valence-corrected chi connectivity index (χ4v) is 2.98. The standard InChI is InChI=1S/C16H17F2N3/c17-13-8-11(10-19)9-14(18)16(13)21-7-1-2-15(21)12-3-5-20-6-4-12/h3-6,8-9,15H,1-2,7,10,19H2. The summed E-state index contributed by atoms with van der Waals surface area (Å²) in [6.07, 6.45) is 5.19. The summed E-state index contributed by atoms with van der Waals surface area (Å²) in [6.45, 7) is 0.769. The van der Waals surface area contributed by atoms with Gasteiger partial charge in [-0.05, 0) is 48.2 Å². The van der Waals surface area contributed by atoms with Crippen LogP contribution in [0.15, 0.2) is 36.7 Å². The van der Waals surface area contributed by atoms with Gasteiger partial charge in [-0.15, -0.1) is 0 Å². The van der Waals surface area contributed by atoms with Crippen molar-refractivity contribution in [1.29, 1.82) is 0 Å². The van der Waals surface area contributed by atoms with Crippen molar-refractivity contribution in [2.75, 3.05) is 11.4 Å². The Morgan fingerprint density at radius 3 is 2.48 bits per heavy atom. The predicted octanol–water partition coefficient (Wildman–Crippen LogP) is 3.16. The smallest absolute Gasteiger partial charge is 0.149 e. The van der Waals surface area contributed by atoms with Crippen molar-refractivity contribution < 1.29 is 8.78 Å². The van der Waals surface area contributed by atoms with Crippen LogP contribution in [0.2, 0.25) is 0 Å². The van der Waals surface area contributed by atoms with Crippen LogP contribution in [-0.4, -0.2) is 11.5 Å². The molecule has 3 rings (SSSR count). The Morgan fingerprint density at radius 1 is 1.19 bits per heavy atom. The highest BCUT2D eigenvalue weighted by Crippen LogP contribution is 2.38. The molecule has 0 saturated carbocycles. The summed E-state index contributed by atoms with van der Waals surface area (Å²) in [7, 11) is 0. The Morgan fingerprint density at radius 2 is 1.86 bits per heavy atom. The number of benzene rings is 1. The summed E-state index contributed by atoms with van der Waals surface area (Å²) in [4.78, 5) is 5.80. The van der Waals surface area contributed by atoms with E-state index in [9.17, 15) is 8.78 Å². The van der Waals surface area contributed by atoms with Crippen LogP contribution >= 0.6 is 0 Å². The molecule has 110 valence electrons. The lowest BCUT2D eigenvalue weighted by Gasteiger charge is -2.28. The molecule has 3 nitrogen and oxygen atoms in total. The minimum Gasteiger partial charge on any atom is -0.360 e. The van der Waals surface area contributed by atoms with Crippen molar-refractivity contribution >= 4 is 5.69 Å². The maximum Gasteiger partial charge on any atom is 0.149 e. The molecule has 2 heterocycles. The van der Waals surface area contributed by atoms with E-state index in [2.05, 4.69) is 4.98 Å². The Balaban J connectivity index is 2.00. The maximum absolute atomic E-state index is 14.3. The van der Waals surface area contributed by atoms with Gasteiger partial charge < -0.3 is 10.6 Å². The largest absolute Gasteiger partial charge is 0.360 e. The lowest BCUT2D eigenvalue weighted by molar-refractivity contribution is 0.562. The molecule has 1 atom stereocenters. The summed E-state index contributed by atoms with van der Waals surface area (Å²) in [5.74, 6) is -1.09. The number of hydrogen-bond acceptors (Lipinski definition) is 3. The molecular formula is C16H17F2N3. The Bertz CT molecular complexity index is 608. The molecular weight excluding hydrogens is 272 g/mol. The first-order valence-corrected chi connectivity index (χ1v) is 7.05. The normalized spacial score (nSPS) is 18.2. The Hall–Kier alpha value is -2.01. The minimum absolute atomic E-state index is 0.0132. The topological polar surface area (TPSA) is 42.1 Å². The van der Waals surface area contributed by atoms with E-state index in [4.69, 9.17) is 5.73 Å². The van der Waals surface area contributed by atoms with Crippen molar-refractivity contribution in [3.8, 4) is 0 Å². The van der Waals surface area contributed by atoms with Crippen LogP contribution in [0.3, 0.4) is 0 Å². The molecule has 1 aromatic carbocycles. The predicted molar refractivity (Wildman–Crippen MR) is 77.8 cm³/mol. The highest BCUT2D eigenvalue weighted by molar-refractivity contribution is 5.53.